The molecule has 0 amide bonds. The fourth-order valence-corrected chi connectivity index (χ4v) is 3.33. The van der Waals surface area contributed by atoms with Crippen molar-refractivity contribution in [1.82, 2.24) is 0 Å². The van der Waals surface area contributed by atoms with Gasteiger partial charge >= 0.3 is 0 Å². The van der Waals surface area contributed by atoms with Crippen LogP contribution in [0.15, 0.2) is 0 Å². The van der Waals surface area contributed by atoms with E-state index in [9.17, 15) is 0 Å². The van der Waals surface area contributed by atoms with Crippen LogP contribution in [0.1, 0.15) is 78.6 Å². The van der Waals surface area contributed by atoms with Crippen LogP contribution in [0, 0.1) is 11.3 Å². The van der Waals surface area contributed by atoms with Crippen LogP contribution in [-0.2, 0) is 0 Å². The van der Waals surface area contributed by atoms with Crippen molar-refractivity contribution in [2.24, 2.45) is 11.3 Å². The van der Waals surface area contributed by atoms with Crippen LogP contribution in [0.3, 0.4) is 0 Å². The number of rotatable bonds is 4. The Bertz CT molecular complexity index is 142. The summed E-state index contributed by atoms with van der Waals surface area (Å²) in [6, 6.07) is 0. The van der Waals surface area contributed by atoms with Crippen LogP contribution < -0.4 is 0 Å². The van der Waals surface area contributed by atoms with Crippen molar-refractivity contribution in [3.8, 4) is 0 Å². The lowest BCUT2D eigenvalue weighted by Gasteiger charge is -2.32. The molecule has 14 heavy (non-hydrogen) atoms. The van der Waals surface area contributed by atoms with Crippen LogP contribution in [0.2, 0.25) is 0 Å². The number of hydrogen-bond acceptors (Lipinski definition) is 0. The van der Waals surface area contributed by atoms with E-state index in [4.69, 9.17) is 0 Å². The van der Waals surface area contributed by atoms with Crippen molar-refractivity contribution in [3.05, 3.63) is 0 Å². The molecule has 0 radical (unpaired) electrons. The Hall–Kier alpha value is 0. The zero-order valence-corrected chi connectivity index (χ0v) is 10.4. The van der Waals surface area contributed by atoms with Gasteiger partial charge in [-0.2, -0.15) is 0 Å². The van der Waals surface area contributed by atoms with E-state index in [0.717, 1.165) is 11.3 Å². The highest BCUT2D eigenvalue weighted by Crippen LogP contribution is 2.43. The lowest BCUT2D eigenvalue weighted by molar-refractivity contribution is 0.196. The molecule has 0 spiro atoms. The maximum Gasteiger partial charge on any atom is -0.0298 e. The summed E-state index contributed by atoms with van der Waals surface area (Å²) in [6.07, 6.45) is 13.2. The molecule has 1 rings (SSSR count). The molecule has 0 saturated heterocycles. The van der Waals surface area contributed by atoms with E-state index in [2.05, 4.69) is 20.8 Å². The molecule has 0 N–H and O–H groups in total. The molecule has 0 heterocycles. The minimum Gasteiger partial charge on any atom is -0.0654 e. The maximum absolute atomic E-state index is 2.44. The Labute approximate surface area is 90.5 Å². The minimum absolute atomic E-state index is 0.744. The second-order valence-electron chi connectivity index (χ2n) is 5.54. The fraction of sp³-hybridized carbons (Fsp3) is 1.00. The van der Waals surface area contributed by atoms with Gasteiger partial charge in [-0.1, -0.05) is 52.9 Å². The van der Waals surface area contributed by atoms with E-state index in [1.807, 2.05) is 0 Å². The highest BCUT2D eigenvalue weighted by Gasteiger charge is 2.30. The molecular weight excluding hydrogens is 168 g/mol. The van der Waals surface area contributed by atoms with E-state index in [-0.39, 0.29) is 0 Å². The molecule has 1 aliphatic carbocycles. The Morgan fingerprint density at radius 3 is 2.21 bits per heavy atom. The monoisotopic (exact) mass is 196 g/mol. The van der Waals surface area contributed by atoms with Crippen LogP contribution in [-0.4, -0.2) is 0 Å². The topological polar surface area (TPSA) is 0 Å². The van der Waals surface area contributed by atoms with Crippen LogP contribution in [0.25, 0.3) is 0 Å². The summed E-state index contributed by atoms with van der Waals surface area (Å²) >= 11 is 0. The van der Waals surface area contributed by atoms with Gasteiger partial charge in [0.25, 0.3) is 0 Å². The van der Waals surface area contributed by atoms with E-state index in [1.54, 1.807) is 0 Å². The van der Waals surface area contributed by atoms with Gasteiger partial charge in [0.05, 0.1) is 0 Å². The SMILES string of the molecule is CCCC1(CCC)CCCC(C)CC1. The third-order valence-corrected chi connectivity index (χ3v) is 4.13. The van der Waals surface area contributed by atoms with Crippen LogP contribution in [0.4, 0.5) is 0 Å². The van der Waals surface area contributed by atoms with Crippen molar-refractivity contribution in [1.29, 1.82) is 0 Å². The lowest BCUT2D eigenvalue weighted by Crippen LogP contribution is -2.19. The largest absolute Gasteiger partial charge is 0.0654 e. The summed E-state index contributed by atoms with van der Waals surface area (Å²) in [6.45, 7) is 7.14. The molecule has 1 unspecified atom stereocenters. The number of hydrogen-bond donors (Lipinski definition) is 0. The maximum atomic E-state index is 2.44. The highest BCUT2D eigenvalue weighted by atomic mass is 14.4. The Morgan fingerprint density at radius 1 is 1.00 bits per heavy atom. The van der Waals surface area contributed by atoms with Gasteiger partial charge in [0.15, 0.2) is 0 Å². The zero-order valence-electron chi connectivity index (χ0n) is 10.4. The third kappa shape index (κ3) is 3.29. The lowest BCUT2D eigenvalue weighted by atomic mass is 9.73. The summed E-state index contributed by atoms with van der Waals surface area (Å²) in [5.74, 6) is 0.991. The molecule has 0 aliphatic heterocycles. The quantitative estimate of drug-likeness (QED) is 0.544. The second kappa shape index (κ2) is 5.78. The van der Waals surface area contributed by atoms with Gasteiger partial charge in [-0.15, -0.1) is 0 Å². The van der Waals surface area contributed by atoms with Crippen molar-refractivity contribution >= 4 is 0 Å². The molecule has 0 aromatic carbocycles. The van der Waals surface area contributed by atoms with E-state index in [0.29, 0.717) is 0 Å². The summed E-state index contributed by atoms with van der Waals surface area (Å²) in [7, 11) is 0. The first-order valence-corrected chi connectivity index (χ1v) is 6.72. The predicted molar refractivity (Wildman–Crippen MR) is 64.5 cm³/mol. The van der Waals surface area contributed by atoms with Crippen molar-refractivity contribution in [3.63, 3.8) is 0 Å². The molecule has 1 atom stereocenters. The Balaban J connectivity index is 2.55. The van der Waals surface area contributed by atoms with Gasteiger partial charge in [-0.05, 0) is 37.0 Å². The van der Waals surface area contributed by atoms with Crippen LogP contribution >= 0.6 is 0 Å². The van der Waals surface area contributed by atoms with Gasteiger partial charge in [-0.25, -0.2) is 0 Å². The summed E-state index contributed by atoms with van der Waals surface area (Å²) < 4.78 is 0. The van der Waals surface area contributed by atoms with Gasteiger partial charge < -0.3 is 0 Å². The second-order valence-corrected chi connectivity index (χ2v) is 5.54. The molecule has 0 nitrogen and oxygen atoms in total. The standard InChI is InChI=1S/C14H28/c1-4-9-14(10-5-2)11-6-7-13(3)8-12-14/h13H,4-12H2,1-3H3. The van der Waals surface area contributed by atoms with Gasteiger partial charge in [0.2, 0.25) is 0 Å². The first-order valence-electron chi connectivity index (χ1n) is 6.72. The molecule has 0 aromatic rings. The zero-order chi connectivity index (χ0) is 10.4. The molecule has 0 aromatic heterocycles. The Morgan fingerprint density at radius 2 is 1.64 bits per heavy atom. The first kappa shape index (κ1) is 12.1. The molecular formula is C14H28. The van der Waals surface area contributed by atoms with Crippen molar-refractivity contribution < 1.29 is 0 Å². The molecule has 1 aliphatic rings. The highest BCUT2D eigenvalue weighted by molar-refractivity contribution is 4.82. The normalized spacial score (nSPS) is 27.2. The summed E-state index contributed by atoms with van der Waals surface area (Å²) in [5, 5.41) is 0. The molecule has 0 heteroatoms. The van der Waals surface area contributed by atoms with Crippen LogP contribution in [0.5, 0.6) is 0 Å². The van der Waals surface area contributed by atoms with Crippen molar-refractivity contribution in [2.75, 3.05) is 0 Å². The average molecular weight is 196 g/mol. The molecule has 84 valence electrons. The predicted octanol–water partition coefficient (Wildman–Crippen LogP) is 5.17. The first-order chi connectivity index (χ1) is 6.72. The van der Waals surface area contributed by atoms with E-state index < -0.39 is 0 Å². The smallest absolute Gasteiger partial charge is 0.0298 e. The third-order valence-electron chi connectivity index (χ3n) is 4.13. The van der Waals surface area contributed by atoms with Gasteiger partial charge in [0, 0.05) is 0 Å². The van der Waals surface area contributed by atoms with Gasteiger partial charge in [-0.3, -0.25) is 0 Å². The summed E-state index contributed by atoms with van der Waals surface area (Å²) in [5.41, 5.74) is 0.744. The Kier molecular flexibility index (Phi) is 4.98. The fourth-order valence-electron chi connectivity index (χ4n) is 3.33. The molecule has 1 saturated carbocycles. The molecule has 0 bridgehead atoms. The average Bonchev–Trinajstić information content (AvgIpc) is 2.31. The van der Waals surface area contributed by atoms with E-state index >= 15 is 0 Å². The minimum atomic E-state index is 0.744. The molecule has 1 fully saturated rings. The van der Waals surface area contributed by atoms with E-state index in [1.165, 1.54) is 57.8 Å². The van der Waals surface area contributed by atoms with Crippen molar-refractivity contribution in [2.45, 2.75) is 78.6 Å². The van der Waals surface area contributed by atoms with Gasteiger partial charge in [0.1, 0.15) is 0 Å². The summed E-state index contributed by atoms with van der Waals surface area (Å²) in [4.78, 5) is 0.